The lowest BCUT2D eigenvalue weighted by molar-refractivity contribution is -0.132. The number of rotatable bonds is 7. The van der Waals surface area contributed by atoms with Crippen LogP contribution in [0.2, 0.25) is 5.02 Å². The third kappa shape index (κ3) is 4.48. The third-order valence-electron chi connectivity index (χ3n) is 3.89. The molecule has 0 radical (unpaired) electrons. The maximum atomic E-state index is 12.5. The van der Waals surface area contributed by atoms with E-state index in [1.807, 2.05) is 22.4 Å². The van der Waals surface area contributed by atoms with Gasteiger partial charge in [-0.05, 0) is 51.0 Å². The van der Waals surface area contributed by atoms with Gasteiger partial charge in [0.25, 0.3) is 0 Å². The minimum Gasteiger partial charge on any atom is -0.486 e. The van der Waals surface area contributed by atoms with Crippen LogP contribution in [0.5, 0.6) is 5.75 Å². The number of hydrogen-bond donors (Lipinski definition) is 0. The Kier molecular flexibility index (Phi) is 5.41. The van der Waals surface area contributed by atoms with Crippen LogP contribution >= 0.6 is 22.9 Å². The van der Waals surface area contributed by atoms with E-state index >= 15 is 0 Å². The highest BCUT2D eigenvalue weighted by Crippen LogP contribution is 2.29. The Morgan fingerprint density at radius 3 is 2.71 bits per heavy atom. The van der Waals surface area contributed by atoms with Crippen LogP contribution in [-0.4, -0.2) is 27.9 Å². The van der Waals surface area contributed by atoms with Crippen molar-refractivity contribution in [2.45, 2.75) is 51.8 Å². The van der Waals surface area contributed by atoms with Crippen LogP contribution in [0.1, 0.15) is 37.4 Å². The van der Waals surface area contributed by atoms with Gasteiger partial charge < -0.3 is 9.64 Å². The van der Waals surface area contributed by atoms with E-state index in [1.54, 1.807) is 12.1 Å². The summed E-state index contributed by atoms with van der Waals surface area (Å²) in [7, 11) is 0. The van der Waals surface area contributed by atoms with Crippen LogP contribution in [0.15, 0.2) is 29.6 Å². The highest BCUT2D eigenvalue weighted by molar-refractivity contribution is 7.09. The van der Waals surface area contributed by atoms with Crippen LogP contribution in [0.3, 0.4) is 0 Å². The molecule has 1 amide bonds. The molecule has 0 unspecified atom stereocenters. The van der Waals surface area contributed by atoms with Crippen LogP contribution in [0, 0.1) is 0 Å². The monoisotopic (exact) mass is 364 g/mol. The van der Waals surface area contributed by atoms with Gasteiger partial charge in [0.05, 0.1) is 12.1 Å². The molecule has 2 aromatic rings. The first-order chi connectivity index (χ1) is 11.5. The summed E-state index contributed by atoms with van der Waals surface area (Å²) in [5.41, 5.74) is 0.825. The lowest BCUT2D eigenvalue weighted by Crippen LogP contribution is -2.39. The molecule has 6 heteroatoms. The molecule has 1 saturated carbocycles. The van der Waals surface area contributed by atoms with Gasteiger partial charge in [0.15, 0.2) is 0 Å². The number of aromatic nitrogens is 1. The summed E-state index contributed by atoms with van der Waals surface area (Å²) in [5, 5.41) is 3.50. The summed E-state index contributed by atoms with van der Waals surface area (Å²) >= 11 is 7.38. The first kappa shape index (κ1) is 17.2. The Morgan fingerprint density at radius 2 is 2.08 bits per heavy atom. The number of halogens is 1. The molecule has 0 aliphatic heterocycles. The SMILES string of the molecule is CC(C)N(C(=O)Cc1csc(COc2ccc(Cl)cc2)n1)C1CC1. The molecule has 1 aromatic carbocycles. The van der Waals surface area contributed by atoms with Crippen molar-refractivity contribution in [1.29, 1.82) is 0 Å². The Labute approximate surface area is 151 Å². The summed E-state index contributed by atoms with van der Waals surface area (Å²) in [4.78, 5) is 19.0. The first-order valence-corrected chi connectivity index (χ1v) is 9.41. The van der Waals surface area contributed by atoms with Crippen molar-refractivity contribution in [2.75, 3.05) is 0 Å². The van der Waals surface area contributed by atoms with Crippen LogP contribution < -0.4 is 4.74 Å². The van der Waals surface area contributed by atoms with Crippen molar-refractivity contribution in [1.82, 2.24) is 9.88 Å². The molecule has 4 nitrogen and oxygen atoms in total. The fourth-order valence-corrected chi connectivity index (χ4v) is 3.52. The lowest BCUT2D eigenvalue weighted by Gasteiger charge is -2.26. The predicted molar refractivity (Wildman–Crippen MR) is 96.6 cm³/mol. The molecule has 1 aromatic heterocycles. The summed E-state index contributed by atoms with van der Waals surface area (Å²) in [6.07, 6.45) is 2.62. The van der Waals surface area contributed by atoms with Crippen molar-refractivity contribution < 1.29 is 9.53 Å². The standard InChI is InChI=1S/C18H21ClN2O2S/c1-12(2)21(15-5-6-15)18(22)9-14-11-24-17(20-14)10-23-16-7-3-13(19)4-8-16/h3-4,7-8,11-12,15H,5-6,9-10H2,1-2H3. The van der Waals surface area contributed by atoms with Gasteiger partial charge in [0, 0.05) is 22.5 Å². The van der Waals surface area contributed by atoms with Gasteiger partial charge in [-0.1, -0.05) is 11.6 Å². The number of nitrogens with zero attached hydrogens (tertiary/aromatic N) is 2. The second kappa shape index (κ2) is 7.53. The summed E-state index contributed by atoms with van der Waals surface area (Å²) < 4.78 is 5.69. The van der Waals surface area contributed by atoms with Gasteiger partial charge in [-0.2, -0.15) is 0 Å². The maximum absolute atomic E-state index is 12.5. The second-order valence-corrected chi connectivity index (χ2v) is 7.66. The quantitative estimate of drug-likeness (QED) is 0.734. The number of benzene rings is 1. The van der Waals surface area contributed by atoms with Crippen LogP contribution in [0.4, 0.5) is 0 Å². The zero-order chi connectivity index (χ0) is 17.1. The molecule has 24 heavy (non-hydrogen) atoms. The predicted octanol–water partition coefficient (Wildman–Crippen LogP) is 4.32. The molecule has 0 atom stereocenters. The van der Waals surface area contributed by atoms with E-state index in [0.29, 0.717) is 24.1 Å². The molecule has 1 aliphatic rings. The Hall–Kier alpha value is -1.59. The maximum Gasteiger partial charge on any atom is 0.229 e. The van der Waals surface area contributed by atoms with Gasteiger partial charge in [0.1, 0.15) is 17.4 Å². The Balaban J connectivity index is 1.55. The summed E-state index contributed by atoms with van der Waals surface area (Å²) in [6, 6.07) is 7.93. The zero-order valence-electron chi connectivity index (χ0n) is 13.9. The molecular formula is C18H21ClN2O2S. The number of thiazole rings is 1. The molecule has 0 spiro atoms. The molecule has 128 valence electrons. The first-order valence-electron chi connectivity index (χ1n) is 8.15. The van der Waals surface area contributed by atoms with E-state index in [1.165, 1.54) is 11.3 Å². The van der Waals surface area contributed by atoms with Crippen LogP contribution in [-0.2, 0) is 17.8 Å². The zero-order valence-corrected chi connectivity index (χ0v) is 15.4. The molecule has 1 heterocycles. The summed E-state index contributed by atoms with van der Waals surface area (Å²) in [6.45, 7) is 4.54. The van der Waals surface area contributed by atoms with E-state index in [4.69, 9.17) is 16.3 Å². The van der Waals surface area contributed by atoms with Crippen molar-refractivity contribution in [3.63, 3.8) is 0 Å². The molecule has 0 bridgehead atoms. The second-order valence-electron chi connectivity index (χ2n) is 6.28. The minimum atomic E-state index is 0.169. The topological polar surface area (TPSA) is 42.4 Å². The van der Waals surface area contributed by atoms with Crippen molar-refractivity contribution in [3.05, 3.63) is 45.4 Å². The van der Waals surface area contributed by atoms with Gasteiger partial charge in [0.2, 0.25) is 5.91 Å². The largest absolute Gasteiger partial charge is 0.486 e. The molecule has 0 N–H and O–H groups in total. The lowest BCUT2D eigenvalue weighted by atomic mass is 10.2. The van der Waals surface area contributed by atoms with Gasteiger partial charge in [-0.15, -0.1) is 11.3 Å². The Morgan fingerprint density at radius 1 is 1.38 bits per heavy atom. The molecular weight excluding hydrogens is 344 g/mol. The highest BCUT2D eigenvalue weighted by Gasteiger charge is 2.34. The normalized spacial score (nSPS) is 14.0. The van der Waals surface area contributed by atoms with E-state index < -0.39 is 0 Å². The molecule has 0 saturated heterocycles. The van der Waals surface area contributed by atoms with Gasteiger partial charge >= 0.3 is 0 Å². The average molecular weight is 365 g/mol. The van der Waals surface area contributed by atoms with E-state index in [2.05, 4.69) is 18.8 Å². The van der Waals surface area contributed by atoms with Gasteiger partial charge in [-0.25, -0.2) is 4.98 Å². The number of ether oxygens (including phenoxy) is 1. The average Bonchev–Trinajstić information content (AvgIpc) is 3.26. The summed E-state index contributed by atoms with van der Waals surface area (Å²) in [5.74, 6) is 0.926. The fourth-order valence-electron chi connectivity index (χ4n) is 2.68. The van der Waals surface area contributed by atoms with Crippen LogP contribution in [0.25, 0.3) is 0 Å². The molecule has 1 aliphatic carbocycles. The van der Waals surface area contributed by atoms with E-state index in [0.717, 1.165) is 29.3 Å². The third-order valence-corrected chi connectivity index (χ3v) is 5.02. The van der Waals surface area contributed by atoms with Crippen molar-refractivity contribution in [2.24, 2.45) is 0 Å². The number of hydrogen-bond acceptors (Lipinski definition) is 4. The number of carbonyl (C=O) groups is 1. The van der Waals surface area contributed by atoms with E-state index in [9.17, 15) is 4.79 Å². The fraction of sp³-hybridized carbons (Fsp3) is 0.444. The van der Waals surface area contributed by atoms with Gasteiger partial charge in [-0.3, -0.25) is 4.79 Å². The Bertz CT molecular complexity index is 693. The molecule has 1 fully saturated rings. The minimum absolute atomic E-state index is 0.169. The van der Waals surface area contributed by atoms with Crippen molar-refractivity contribution >= 4 is 28.8 Å². The smallest absolute Gasteiger partial charge is 0.229 e. The highest BCUT2D eigenvalue weighted by atomic mass is 35.5. The van der Waals surface area contributed by atoms with E-state index in [-0.39, 0.29) is 11.9 Å². The number of carbonyl (C=O) groups excluding carboxylic acids is 1. The number of amides is 1. The molecule has 3 rings (SSSR count). The van der Waals surface area contributed by atoms with Crippen molar-refractivity contribution in [3.8, 4) is 5.75 Å².